The van der Waals surface area contributed by atoms with Crippen LogP contribution in [0.25, 0.3) is 0 Å². The van der Waals surface area contributed by atoms with Crippen molar-refractivity contribution in [3.8, 4) is 0 Å². The molecule has 1 aromatic heterocycles. The molecule has 0 radical (unpaired) electrons. The summed E-state index contributed by atoms with van der Waals surface area (Å²) < 4.78 is 5.25. The third-order valence-corrected chi connectivity index (χ3v) is 3.33. The smallest absolute Gasteiger partial charge is 0.305 e. The lowest BCUT2D eigenvalue weighted by Crippen LogP contribution is -2.49. The van der Waals surface area contributed by atoms with Crippen LogP contribution in [0.5, 0.6) is 0 Å². The lowest BCUT2D eigenvalue weighted by Gasteiger charge is -2.30. The summed E-state index contributed by atoms with van der Waals surface area (Å²) >= 11 is 0. The predicted molar refractivity (Wildman–Crippen MR) is 69.0 cm³/mol. The average Bonchev–Trinajstić information content (AvgIpc) is 2.67. The van der Waals surface area contributed by atoms with Gasteiger partial charge in [0.05, 0.1) is 17.7 Å². The summed E-state index contributed by atoms with van der Waals surface area (Å²) in [6.07, 6.45) is 0.958. The standard InChI is InChI=1S/C13H20N2O4/c1-5-13(6-2,7-10(16)17)15-12(18)11-8(3)14-9(4)19-11/h5-7H2,1-4H3,(H,15,18)(H,16,17). The summed E-state index contributed by atoms with van der Waals surface area (Å²) in [5, 5.41) is 11.7. The van der Waals surface area contributed by atoms with Gasteiger partial charge < -0.3 is 14.8 Å². The lowest BCUT2D eigenvalue weighted by molar-refractivity contribution is -0.138. The molecule has 1 amide bonds. The second-order valence-electron chi connectivity index (χ2n) is 4.66. The van der Waals surface area contributed by atoms with Crippen molar-refractivity contribution in [2.75, 3.05) is 0 Å². The normalized spacial score (nSPS) is 11.4. The quantitative estimate of drug-likeness (QED) is 0.823. The van der Waals surface area contributed by atoms with Crippen LogP contribution < -0.4 is 5.32 Å². The molecule has 0 aliphatic rings. The number of oxazole rings is 1. The van der Waals surface area contributed by atoms with Crippen LogP contribution in [0, 0.1) is 13.8 Å². The molecule has 0 bridgehead atoms. The van der Waals surface area contributed by atoms with Gasteiger partial charge in [0.25, 0.3) is 5.91 Å². The summed E-state index contributed by atoms with van der Waals surface area (Å²) in [6.45, 7) is 7.05. The predicted octanol–water partition coefficient (Wildman–Crippen LogP) is 2.05. The minimum atomic E-state index is -0.936. The Morgan fingerprint density at radius 3 is 2.26 bits per heavy atom. The number of rotatable bonds is 6. The number of carboxylic acids is 1. The maximum absolute atomic E-state index is 12.2. The highest BCUT2D eigenvalue weighted by molar-refractivity contribution is 5.93. The van der Waals surface area contributed by atoms with Crippen molar-refractivity contribution in [1.29, 1.82) is 0 Å². The molecule has 19 heavy (non-hydrogen) atoms. The number of carboxylic acid groups (broad SMARTS) is 1. The Kier molecular flexibility index (Phi) is 4.69. The van der Waals surface area contributed by atoms with Crippen LogP contribution in [0.2, 0.25) is 0 Å². The number of nitrogens with zero attached hydrogens (tertiary/aromatic N) is 1. The fraction of sp³-hybridized carbons (Fsp3) is 0.615. The van der Waals surface area contributed by atoms with Gasteiger partial charge in [-0.15, -0.1) is 0 Å². The molecule has 0 atom stereocenters. The Bertz CT molecular complexity index is 475. The Hall–Kier alpha value is -1.85. The number of aryl methyl sites for hydroxylation is 2. The SMILES string of the molecule is CCC(CC)(CC(=O)O)NC(=O)c1oc(C)nc1C. The van der Waals surface area contributed by atoms with E-state index in [1.165, 1.54) is 0 Å². The fourth-order valence-corrected chi connectivity index (χ4v) is 2.05. The Labute approximate surface area is 112 Å². The van der Waals surface area contributed by atoms with E-state index in [-0.39, 0.29) is 12.2 Å². The van der Waals surface area contributed by atoms with E-state index in [0.717, 1.165) is 0 Å². The van der Waals surface area contributed by atoms with Gasteiger partial charge in [0.2, 0.25) is 5.76 Å². The number of nitrogens with one attached hydrogen (secondary N) is 1. The molecule has 0 unspecified atom stereocenters. The van der Waals surface area contributed by atoms with Crippen molar-refractivity contribution in [3.63, 3.8) is 0 Å². The Balaban J connectivity index is 2.93. The van der Waals surface area contributed by atoms with Gasteiger partial charge in [-0.2, -0.15) is 0 Å². The summed E-state index contributed by atoms with van der Waals surface area (Å²) in [5.41, 5.74) is -0.248. The van der Waals surface area contributed by atoms with E-state index in [9.17, 15) is 9.59 Å². The number of hydrogen-bond acceptors (Lipinski definition) is 4. The summed E-state index contributed by atoms with van der Waals surface area (Å²) in [4.78, 5) is 27.1. The van der Waals surface area contributed by atoms with Gasteiger partial charge in [-0.1, -0.05) is 13.8 Å². The largest absolute Gasteiger partial charge is 0.481 e. The van der Waals surface area contributed by atoms with E-state index in [1.54, 1.807) is 13.8 Å². The summed E-state index contributed by atoms with van der Waals surface area (Å²) in [6, 6.07) is 0. The lowest BCUT2D eigenvalue weighted by atomic mass is 9.89. The van der Waals surface area contributed by atoms with Crippen molar-refractivity contribution in [3.05, 3.63) is 17.3 Å². The van der Waals surface area contributed by atoms with Gasteiger partial charge >= 0.3 is 5.97 Å². The van der Waals surface area contributed by atoms with Crippen LogP contribution in [0.1, 0.15) is 55.2 Å². The topological polar surface area (TPSA) is 92.4 Å². The Morgan fingerprint density at radius 2 is 1.89 bits per heavy atom. The zero-order valence-electron chi connectivity index (χ0n) is 11.7. The fourth-order valence-electron chi connectivity index (χ4n) is 2.05. The van der Waals surface area contributed by atoms with Crippen LogP contribution in [0.3, 0.4) is 0 Å². The molecule has 6 nitrogen and oxygen atoms in total. The number of hydrogen-bond donors (Lipinski definition) is 2. The Morgan fingerprint density at radius 1 is 1.32 bits per heavy atom. The molecule has 1 aromatic rings. The molecule has 1 heterocycles. The zero-order chi connectivity index (χ0) is 14.6. The first-order valence-corrected chi connectivity index (χ1v) is 6.32. The molecule has 6 heteroatoms. The van der Waals surface area contributed by atoms with Crippen LogP contribution in [-0.2, 0) is 4.79 Å². The van der Waals surface area contributed by atoms with Crippen molar-refractivity contribution in [1.82, 2.24) is 10.3 Å². The van der Waals surface area contributed by atoms with Crippen molar-refractivity contribution in [2.24, 2.45) is 0 Å². The van der Waals surface area contributed by atoms with Gasteiger partial charge in [0, 0.05) is 6.92 Å². The highest BCUT2D eigenvalue weighted by atomic mass is 16.4. The molecule has 0 aliphatic carbocycles. The average molecular weight is 268 g/mol. The zero-order valence-corrected chi connectivity index (χ0v) is 11.7. The molecule has 2 N–H and O–H groups in total. The first kappa shape index (κ1) is 15.2. The highest BCUT2D eigenvalue weighted by Crippen LogP contribution is 2.21. The van der Waals surface area contributed by atoms with E-state index in [2.05, 4.69) is 10.3 Å². The van der Waals surface area contributed by atoms with E-state index >= 15 is 0 Å². The maximum Gasteiger partial charge on any atom is 0.305 e. The number of aromatic nitrogens is 1. The summed E-state index contributed by atoms with van der Waals surface area (Å²) in [7, 11) is 0. The molecule has 106 valence electrons. The molecule has 0 aliphatic heterocycles. The van der Waals surface area contributed by atoms with E-state index in [0.29, 0.717) is 24.4 Å². The molecule has 0 saturated heterocycles. The van der Waals surface area contributed by atoms with Gasteiger partial charge in [0.15, 0.2) is 5.89 Å². The number of carbonyl (C=O) groups excluding carboxylic acids is 1. The molecule has 0 fully saturated rings. The van der Waals surface area contributed by atoms with Crippen molar-refractivity contribution < 1.29 is 19.1 Å². The van der Waals surface area contributed by atoms with Crippen LogP contribution in [-0.4, -0.2) is 27.5 Å². The van der Waals surface area contributed by atoms with Crippen molar-refractivity contribution in [2.45, 2.75) is 52.5 Å². The van der Waals surface area contributed by atoms with Crippen LogP contribution in [0.4, 0.5) is 0 Å². The highest BCUT2D eigenvalue weighted by Gasteiger charge is 2.32. The molecule has 0 spiro atoms. The van der Waals surface area contributed by atoms with E-state index < -0.39 is 17.4 Å². The van der Waals surface area contributed by atoms with Crippen LogP contribution >= 0.6 is 0 Å². The monoisotopic (exact) mass is 268 g/mol. The minimum Gasteiger partial charge on any atom is -0.481 e. The minimum absolute atomic E-state index is 0.113. The second kappa shape index (κ2) is 5.86. The number of carbonyl (C=O) groups is 2. The third-order valence-electron chi connectivity index (χ3n) is 3.33. The van der Waals surface area contributed by atoms with Gasteiger partial charge in [-0.3, -0.25) is 9.59 Å². The first-order chi connectivity index (χ1) is 8.83. The van der Waals surface area contributed by atoms with Crippen LogP contribution in [0.15, 0.2) is 4.42 Å². The molecule has 0 saturated carbocycles. The first-order valence-electron chi connectivity index (χ1n) is 6.32. The second-order valence-corrected chi connectivity index (χ2v) is 4.66. The molecular weight excluding hydrogens is 248 g/mol. The van der Waals surface area contributed by atoms with Gasteiger partial charge in [-0.25, -0.2) is 4.98 Å². The van der Waals surface area contributed by atoms with E-state index in [1.807, 2.05) is 13.8 Å². The molecular formula is C13H20N2O4. The molecule has 0 aromatic carbocycles. The summed E-state index contributed by atoms with van der Waals surface area (Å²) in [5.74, 6) is -0.786. The van der Waals surface area contributed by atoms with Crippen molar-refractivity contribution >= 4 is 11.9 Å². The third kappa shape index (κ3) is 3.56. The number of amides is 1. The molecule has 1 rings (SSSR count). The van der Waals surface area contributed by atoms with E-state index in [4.69, 9.17) is 9.52 Å². The van der Waals surface area contributed by atoms with Gasteiger partial charge in [0.1, 0.15) is 0 Å². The van der Waals surface area contributed by atoms with Gasteiger partial charge in [-0.05, 0) is 19.8 Å². The number of aliphatic carboxylic acids is 1. The maximum atomic E-state index is 12.2.